The average molecular weight is 583 g/mol. The molecule has 0 aliphatic carbocycles. The van der Waals surface area contributed by atoms with Crippen molar-refractivity contribution in [3.63, 3.8) is 0 Å². The zero-order valence-corrected chi connectivity index (χ0v) is 24.0. The number of aliphatic hydroxyl groups excluding tert-OH is 1. The number of aromatic hydroxyl groups is 1. The normalized spacial score (nSPS) is 17.5. The number of azo groups is 1. The maximum atomic E-state index is 14.5. The number of aromatic nitrogens is 2. The lowest BCUT2D eigenvalue weighted by atomic mass is 10.0. The lowest BCUT2D eigenvalue weighted by Gasteiger charge is -2.35. The third kappa shape index (κ3) is 7.55. The Morgan fingerprint density at radius 3 is 2.37 bits per heavy atom. The summed E-state index contributed by atoms with van der Waals surface area (Å²) >= 11 is 6.37. The molecule has 0 saturated carbocycles. The molecule has 0 radical (unpaired) electrons. The first-order valence-electron chi connectivity index (χ1n) is 13.9. The predicted octanol–water partition coefficient (Wildman–Crippen LogP) is 3.79. The van der Waals surface area contributed by atoms with Gasteiger partial charge in [-0.05, 0) is 35.9 Å². The van der Waals surface area contributed by atoms with Crippen molar-refractivity contribution in [1.82, 2.24) is 24.7 Å². The fourth-order valence-corrected chi connectivity index (χ4v) is 5.37. The first-order valence-corrected chi connectivity index (χ1v) is 14.3. The van der Waals surface area contributed by atoms with Crippen molar-refractivity contribution >= 4 is 23.4 Å². The summed E-state index contributed by atoms with van der Waals surface area (Å²) in [5, 5.41) is 28.2. The van der Waals surface area contributed by atoms with Crippen LogP contribution in [0.1, 0.15) is 11.1 Å². The van der Waals surface area contributed by atoms with Crippen LogP contribution in [0.3, 0.4) is 0 Å². The third-order valence-electron chi connectivity index (χ3n) is 7.63. The number of piperazine rings is 2. The van der Waals surface area contributed by atoms with Gasteiger partial charge in [0.05, 0.1) is 24.4 Å². The number of hydrogen-bond acceptors (Lipinski definition) is 10. The molecule has 0 spiro atoms. The van der Waals surface area contributed by atoms with E-state index in [9.17, 15) is 9.50 Å². The number of benzene rings is 2. The molecule has 2 aliphatic rings. The lowest BCUT2D eigenvalue weighted by Crippen LogP contribution is -2.47. The number of phenolic OH excluding ortho intramolecular Hbond substituents is 1. The SMILES string of the molecule is CN1CCN(Cc2ccc(-c3cc(Cl)c(O)c(CN=Nc4ncc(F)c(N5CCN(CCO)CC5)n4)c3)cc2)CC1. The van der Waals surface area contributed by atoms with Crippen molar-refractivity contribution in [3.8, 4) is 16.9 Å². The van der Waals surface area contributed by atoms with Gasteiger partial charge in [0.1, 0.15) is 5.75 Å². The van der Waals surface area contributed by atoms with Crippen molar-refractivity contribution in [2.75, 3.05) is 77.5 Å². The number of β-amino-alcohol motifs (C(OH)–C–C–N with tert-alkyl or cyclic N) is 1. The summed E-state index contributed by atoms with van der Waals surface area (Å²) in [6.07, 6.45) is 1.10. The van der Waals surface area contributed by atoms with Crippen LogP contribution in [-0.2, 0) is 13.1 Å². The zero-order valence-electron chi connectivity index (χ0n) is 23.3. The number of anilines is 1. The summed E-state index contributed by atoms with van der Waals surface area (Å²) in [5.74, 6) is -0.354. The number of likely N-dealkylation sites (N-methyl/N-ethyl adjacent to an activating group) is 1. The zero-order chi connectivity index (χ0) is 28.8. The summed E-state index contributed by atoms with van der Waals surface area (Å²) < 4.78 is 14.5. The number of aliphatic hydroxyl groups is 1. The van der Waals surface area contributed by atoms with Crippen LogP contribution >= 0.6 is 11.6 Å². The van der Waals surface area contributed by atoms with Crippen molar-refractivity contribution in [3.05, 3.63) is 64.6 Å². The monoisotopic (exact) mass is 582 g/mol. The standard InChI is InChI=1S/C29H36ClFN8O2/c1-36-6-8-38(9-7-36)20-21-2-4-22(5-3-21)23-16-24(27(41)25(30)17-23)18-33-35-29-32-19-26(31)28(34-29)39-12-10-37(11-13-39)14-15-40/h2-5,16-17,19,40-41H,6-15,18,20H2,1H3. The van der Waals surface area contributed by atoms with Gasteiger partial charge in [-0.25, -0.2) is 9.37 Å². The molecule has 10 nitrogen and oxygen atoms in total. The summed E-state index contributed by atoms with van der Waals surface area (Å²) in [6, 6.07) is 12.0. The molecule has 2 saturated heterocycles. The highest BCUT2D eigenvalue weighted by molar-refractivity contribution is 6.32. The Morgan fingerprint density at radius 1 is 0.951 bits per heavy atom. The van der Waals surface area contributed by atoms with Crippen molar-refractivity contribution in [2.45, 2.75) is 13.1 Å². The van der Waals surface area contributed by atoms with E-state index in [1.807, 2.05) is 11.0 Å². The highest BCUT2D eigenvalue weighted by Gasteiger charge is 2.21. The molecule has 2 fully saturated rings. The van der Waals surface area contributed by atoms with Gasteiger partial charge in [0, 0.05) is 71.0 Å². The van der Waals surface area contributed by atoms with Gasteiger partial charge >= 0.3 is 0 Å². The van der Waals surface area contributed by atoms with Crippen molar-refractivity contribution in [2.24, 2.45) is 10.2 Å². The Morgan fingerprint density at radius 2 is 1.66 bits per heavy atom. The van der Waals surface area contributed by atoms with Gasteiger partial charge in [-0.1, -0.05) is 35.9 Å². The third-order valence-corrected chi connectivity index (χ3v) is 7.92. The minimum Gasteiger partial charge on any atom is -0.506 e. The maximum absolute atomic E-state index is 14.5. The highest BCUT2D eigenvalue weighted by Crippen LogP contribution is 2.34. The molecule has 2 aliphatic heterocycles. The van der Waals surface area contributed by atoms with E-state index in [-0.39, 0.29) is 35.7 Å². The van der Waals surface area contributed by atoms with Gasteiger partial charge in [0.15, 0.2) is 11.6 Å². The second-order valence-electron chi connectivity index (χ2n) is 10.5. The summed E-state index contributed by atoms with van der Waals surface area (Å²) in [7, 11) is 2.15. The molecule has 1 aromatic heterocycles. The molecule has 12 heteroatoms. The lowest BCUT2D eigenvalue weighted by molar-refractivity contribution is 0.148. The molecule has 0 amide bonds. The Bertz CT molecular complexity index is 1340. The fourth-order valence-electron chi connectivity index (χ4n) is 5.13. The highest BCUT2D eigenvalue weighted by atomic mass is 35.5. The van der Waals surface area contributed by atoms with Crippen molar-refractivity contribution in [1.29, 1.82) is 0 Å². The minimum atomic E-state index is -0.522. The van der Waals surface area contributed by atoms with E-state index in [0.29, 0.717) is 38.3 Å². The molecule has 218 valence electrons. The van der Waals surface area contributed by atoms with Crippen LogP contribution in [-0.4, -0.2) is 107 Å². The van der Waals surface area contributed by atoms with E-state index in [1.54, 1.807) is 6.07 Å². The van der Waals surface area contributed by atoms with Crippen LogP contribution in [0.4, 0.5) is 16.2 Å². The molecule has 2 aromatic carbocycles. The summed E-state index contributed by atoms with van der Waals surface area (Å²) in [6.45, 7) is 8.55. The van der Waals surface area contributed by atoms with Gasteiger partial charge in [-0.15, -0.1) is 5.11 Å². The molecule has 0 bridgehead atoms. The van der Waals surface area contributed by atoms with Crippen LogP contribution in [0.15, 0.2) is 52.8 Å². The van der Waals surface area contributed by atoms with Crippen LogP contribution in [0, 0.1) is 5.82 Å². The first-order chi connectivity index (χ1) is 19.9. The molecular weight excluding hydrogens is 547 g/mol. The van der Waals surface area contributed by atoms with E-state index < -0.39 is 5.82 Å². The molecular formula is C29H36ClFN8O2. The van der Waals surface area contributed by atoms with E-state index in [0.717, 1.165) is 50.0 Å². The molecule has 0 unspecified atom stereocenters. The van der Waals surface area contributed by atoms with E-state index in [4.69, 9.17) is 16.7 Å². The molecule has 3 heterocycles. The number of phenols is 1. The van der Waals surface area contributed by atoms with Crippen LogP contribution < -0.4 is 4.90 Å². The Balaban J connectivity index is 1.24. The Hall–Kier alpha value is -3.22. The van der Waals surface area contributed by atoms with Gasteiger partial charge in [0.2, 0.25) is 0 Å². The Kier molecular flexibility index (Phi) is 9.73. The van der Waals surface area contributed by atoms with Crippen LogP contribution in [0.2, 0.25) is 5.02 Å². The first kappa shape index (κ1) is 29.3. The summed E-state index contributed by atoms with van der Waals surface area (Å²) in [4.78, 5) is 17.0. The van der Waals surface area contributed by atoms with E-state index in [1.165, 1.54) is 5.56 Å². The minimum absolute atomic E-state index is 0.0388. The van der Waals surface area contributed by atoms with Gasteiger partial charge in [0.25, 0.3) is 5.95 Å². The second-order valence-corrected chi connectivity index (χ2v) is 10.9. The number of rotatable bonds is 9. The smallest absolute Gasteiger partial charge is 0.270 e. The van der Waals surface area contributed by atoms with Gasteiger partial charge in [-0.3, -0.25) is 9.80 Å². The van der Waals surface area contributed by atoms with Crippen molar-refractivity contribution < 1.29 is 14.6 Å². The second kappa shape index (κ2) is 13.6. The van der Waals surface area contributed by atoms with Gasteiger partial charge < -0.3 is 20.0 Å². The maximum Gasteiger partial charge on any atom is 0.270 e. The molecule has 2 N–H and O–H groups in total. The topological polar surface area (TPSA) is 104 Å². The van der Waals surface area contributed by atoms with E-state index >= 15 is 0 Å². The number of hydrogen-bond donors (Lipinski definition) is 2. The van der Waals surface area contributed by atoms with E-state index in [2.05, 4.69) is 66.2 Å². The van der Waals surface area contributed by atoms with Crippen LogP contribution in [0.5, 0.6) is 5.75 Å². The largest absolute Gasteiger partial charge is 0.506 e. The molecule has 5 rings (SSSR count). The van der Waals surface area contributed by atoms with Gasteiger partial charge in [-0.2, -0.15) is 10.1 Å². The fraction of sp³-hybridized carbons (Fsp3) is 0.448. The van der Waals surface area contributed by atoms with Crippen LogP contribution in [0.25, 0.3) is 11.1 Å². The summed E-state index contributed by atoms with van der Waals surface area (Å²) in [5.41, 5.74) is 3.62. The molecule has 3 aromatic rings. The predicted molar refractivity (Wildman–Crippen MR) is 157 cm³/mol. The number of nitrogens with zero attached hydrogens (tertiary/aromatic N) is 8. The quantitative estimate of drug-likeness (QED) is 0.367. The number of halogens is 2. The Labute approximate surface area is 244 Å². The molecule has 0 atom stereocenters. The average Bonchev–Trinajstić information content (AvgIpc) is 2.98. The molecule has 41 heavy (non-hydrogen) atoms.